The minimum Gasteiger partial charge on any atom is -0.462 e. The van der Waals surface area contributed by atoms with Crippen LogP contribution in [0.5, 0.6) is 0 Å². The third kappa shape index (κ3) is 3.98. The summed E-state index contributed by atoms with van der Waals surface area (Å²) in [7, 11) is 0. The molecule has 1 aromatic heterocycles. The van der Waals surface area contributed by atoms with E-state index in [9.17, 15) is 4.79 Å². The van der Waals surface area contributed by atoms with E-state index in [1.807, 2.05) is 13.0 Å². The second-order valence-corrected chi connectivity index (χ2v) is 5.16. The number of hydrogen-bond donors (Lipinski definition) is 1. The summed E-state index contributed by atoms with van der Waals surface area (Å²) in [6.07, 6.45) is 3.02. The summed E-state index contributed by atoms with van der Waals surface area (Å²) in [6, 6.07) is 8.85. The van der Waals surface area contributed by atoms with Gasteiger partial charge in [0.05, 0.1) is 5.02 Å². The lowest BCUT2D eigenvalue weighted by Crippen LogP contribution is -2.07. The molecule has 0 radical (unpaired) electrons. The summed E-state index contributed by atoms with van der Waals surface area (Å²) in [5.74, 6) is 1.20. The van der Waals surface area contributed by atoms with Crippen molar-refractivity contribution in [3.05, 3.63) is 57.4 Å². The van der Waals surface area contributed by atoms with Crippen molar-refractivity contribution in [1.29, 1.82) is 0 Å². The lowest BCUT2D eigenvalue weighted by atomic mass is 10.3. The summed E-state index contributed by atoms with van der Waals surface area (Å²) >= 11 is 9.23. The van der Waals surface area contributed by atoms with E-state index in [1.165, 1.54) is 6.08 Å². The molecular formula is C14H11BrClNO2. The standard InChI is InChI=1S/C14H11BrClNO2/c1-9-2-4-11(19-9)5-7-14(18)17-10-3-6-12(15)13(16)8-10/h2-8H,1H3,(H,17,18). The van der Waals surface area contributed by atoms with Crippen molar-refractivity contribution in [3.63, 3.8) is 0 Å². The van der Waals surface area contributed by atoms with Gasteiger partial charge in [-0.05, 0) is 59.3 Å². The first-order valence-corrected chi connectivity index (χ1v) is 6.72. The third-order valence-electron chi connectivity index (χ3n) is 2.35. The topological polar surface area (TPSA) is 42.2 Å². The van der Waals surface area contributed by atoms with Crippen molar-refractivity contribution >= 4 is 45.2 Å². The molecule has 0 saturated heterocycles. The number of carbonyl (C=O) groups is 1. The Morgan fingerprint density at radius 1 is 1.37 bits per heavy atom. The minimum atomic E-state index is -0.243. The fourth-order valence-corrected chi connectivity index (χ4v) is 1.89. The molecule has 0 aliphatic rings. The first kappa shape index (κ1) is 13.9. The molecule has 2 aromatic rings. The number of nitrogens with one attached hydrogen (secondary N) is 1. The molecule has 3 nitrogen and oxygen atoms in total. The van der Waals surface area contributed by atoms with Crippen molar-refractivity contribution in [3.8, 4) is 0 Å². The molecule has 1 aromatic carbocycles. The highest BCUT2D eigenvalue weighted by Crippen LogP contribution is 2.25. The van der Waals surface area contributed by atoms with Crippen LogP contribution in [-0.4, -0.2) is 5.91 Å². The molecule has 0 spiro atoms. The zero-order valence-electron chi connectivity index (χ0n) is 10.1. The molecule has 0 atom stereocenters. The van der Waals surface area contributed by atoms with Crippen LogP contribution < -0.4 is 5.32 Å². The van der Waals surface area contributed by atoms with Crippen LogP contribution >= 0.6 is 27.5 Å². The first-order valence-electron chi connectivity index (χ1n) is 5.55. The smallest absolute Gasteiger partial charge is 0.248 e. The van der Waals surface area contributed by atoms with Gasteiger partial charge in [0.1, 0.15) is 11.5 Å². The Labute approximate surface area is 124 Å². The van der Waals surface area contributed by atoms with Gasteiger partial charge in [-0.3, -0.25) is 4.79 Å². The van der Waals surface area contributed by atoms with E-state index in [0.717, 1.165) is 10.2 Å². The predicted octanol–water partition coefficient (Wildman–Crippen LogP) is 4.66. The van der Waals surface area contributed by atoms with Crippen LogP contribution in [0.2, 0.25) is 5.02 Å². The summed E-state index contributed by atoms with van der Waals surface area (Å²) in [6.45, 7) is 1.85. The highest BCUT2D eigenvalue weighted by atomic mass is 79.9. The minimum absolute atomic E-state index is 0.243. The summed E-state index contributed by atoms with van der Waals surface area (Å²) in [4.78, 5) is 11.7. The van der Waals surface area contributed by atoms with Crippen LogP contribution in [-0.2, 0) is 4.79 Å². The number of benzene rings is 1. The number of hydrogen-bond acceptors (Lipinski definition) is 2. The molecule has 0 aliphatic carbocycles. The first-order chi connectivity index (χ1) is 9.04. The molecule has 0 bridgehead atoms. The van der Waals surface area contributed by atoms with E-state index in [0.29, 0.717) is 16.5 Å². The fourth-order valence-electron chi connectivity index (χ4n) is 1.46. The number of amides is 1. The van der Waals surface area contributed by atoms with Crippen LogP contribution in [0.3, 0.4) is 0 Å². The zero-order chi connectivity index (χ0) is 13.8. The van der Waals surface area contributed by atoms with E-state index in [4.69, 9.17) is 16.0 Å². The largest absolute Gasteiger partial charge is 0.462 e. The number of halogens is 2. The summed E-state index contributed by atoms with van der Waals surface area (Å²) in [5, 5.41) is 3.26. The maximum Gasteiger partial charge on any atom is 0.248 e. The van der Waals surface area contributed by atoms with Crippen molar-refractivity contribution in [2.45, 2.75) is 6.92 Å². The molecular weight excluding hydrogens is 330 g/mol. The van der Waals surface area contributed by atoms with Crippen LogP contribution in [0.4, 0.5) is 5.69 Å². The average Bonchev–Trinajstić information content (AvgIpc) is 2.77. The van der Waals surface area contributed by atoms with Crippen molar-refractivity contribution < 1.29 is 9.21 Å². The van der Waals surface area contributed by atoms with Crippen LogP contribution in [0.15, 0.2) is 45.3 Å². The predicted molar refractivity (Wildman–Crippen MR) is 80.3 cm³/mol. The SMILES string of the molecule is Cc1ccc(C=CC(=O)Nc2ccc(Br)c(Cl)c2)o1. The van der Waals surface area contributed by atoms with E-state index in [2.05, 4.69) is 21.2 Å². The van der Waals surface area contributed by atoms with Crippen molar-refractivity contribution in [2.24, 2.45) is 0 Å². The van der Waals surface area contributed by atoms with Crippen molar-refractivity contribution in [1.82, 2.24) is 0 Å². The van der Waals surface area contributed by atoms with Crippen molar-refractivity contribution in [2.75, 3.05) is 5.32 Å². The highest BCUT2D eigenvalue weighted by molar-refractivity contribution is 9.10. The van der Waals surface area contributed by atoms with Gasteiger partial charge in [-0.2, -0.15) is 0 Å². The zero-order valence-corrected chi connectivity index (χ0v) is 12.5. The Morgan fingerprint density at radius 3 is 2.79 bits per heavy atom. The molecule has 1 N–H and O–H groups in total. The van der Waals surface area contributed by atoms with Gasteiger partial charge < -0.3 is 9.73 Å². The van der Waals surface area contributed by atoms with E-state index in [1.54, 1.807) is 30.3 Å². The molecule has 98 valence electrons. The lowest BCUT2D eigenvalue weighted by Gasteiger charge is -2.03. The number of rotatable bonds is 3. The van der Waals surface area contributed by atoms with Crippen LogP contribution in [0.1, 0.15) is 11.5 Å². The molecule has 1 amide bonds. The molecule has 1 heterocycles. The number of anilines is 1. The second-order valence-electron chi connectivity index (χ2n) is 3.90. The summed E-state index contributed by atoms with van der Waals surface area (Å²) < 4.78 is 6.11. The average molecular weight is 341 g/mol. The third-order valence-corrected chi connectivity index (χ3v) is 3.58. The van der Waals surface area contributed by atoms with Gasteiger partial charge >= 0.3 is 0 Å². The molecule has 5 heteroatoms. The van der Waals surface area contributed by atoms with Crippen LogP contribution in [0, 0.1) is 6.92 Å². The number of carbonyl (C=O) groups excluding carboxylic acids is 1. The Morgan fingerprint density at radius 2 is 2.16 bits per heavy atom. The monoisotopic (exact) mass is 339 g/mol. The molecule has 2 rings (SSSR count). The van der Waals surface area contributed by atoms with Gasteiger partial charge in [0, 0.05) is 16.2 Å². The molecule has 0 saturated carbocycles. The van der Waals surface area contributed by atoms with Gasteiger partial charge in [-0.25, -0.2) is 0 Å². The van der Waals surface area contributed by atoms with Gasteiger partial charge in [-0.1, -0.05) is 11.6 Å². The van der Waals surface area contributed by atoms with Gasteiger partial charge in [0.2, 0.25) is 5.91 Å². The Bertz CT molecular complexity index is 634. The number of aryl methyl sites for hydroxylation is 1. The molecule has 0 unspecified atom stereocenters. The Hall–Kier alpha value is -1.52. The van der Waals surface area contributed by atoms with E-state index in [-0.39, 0.29) is 5.91 Å². The fraction of sp³-hybridized carbons (Fsp3) is 0.0714. The summed E-state index contributed by atoms with van der Waals surface area (Å²) in [5.41, 5.74) is 0.637. The molecule has 0 aliphatic heterocycles. The Kier molecular flexibility index (Phi) is 4.45. The highest BCUT2D eigenvalue weighted by Gasteiger charge is 2.02. The molecule has 0 fully saturated rings. The lowest BCUT2D eigenvalue weighted by molar-refractivity contribution is -0.111. The normalized spacial score (nSPS) is 10.9. The van der Waals surface area contributed by atoms with E-state index >= 15 is 0 Å². The maximum atomic E-state index is 11.7. The van der Waals surface area contributed by atoms with Gasteiger partial charge in [0.25, 0.3) is 0 Å². The molecule has 19 heavy (non-hydrogen) atoms. The van der Waals surface area contributed by atoms with E-state index < -0.39 is 0 Å². The number of furan rings is 1. The maximum absolute atomic E-state index is 11.7. The Balaban J connectivity index is 2.01. The second kappa shape index (κ2) is 6.08. The van der Waals surface area contributed by atoms with Gasteiger partial charge in [-0.15, -0.1) is 0 Å². The van der Waals surface area contributed by atoms with Gasteiger partial charge in [0.15, 0.2) is 0 Å². The quantitative estimate of drug-likeness (QED) is 0.826. The van der Waals surface area contributed by atoms with Crippen LogP contribution in [0.25, 0.3) is 6.08 Å².